The number of benzene rings is 1. The molecule has 2 aliphatic rings. The van der Waals surface area contributed by atoms with Crippen molar-refractivity contribution in [3.05, 3.63) is 59.7 Å². The molecule has 152 valence electrons. The second kappa shape index (κ2) is 9.53. The monoisotopic (exact) mass is 394 g/mol. The Morgan fingerprint density at radius 2 is 1.82 bits per heavy atom. The van der Waals surface area contributed by atoms with E-state index in [0.717, 1.165) is 11.8 Å². The summed E-state index contributed by atoms with van der Waals surface area (Å²) in [6.45, 7) is 10.7. The van der Waals surface area contributed by atoms with Gasteiger partial charge in [0.2, 0.25) is 0 Å². The van der Waals surface area contributed by atoms with E-state index in [1.165, 1.54) is 73.8 Å². The maximum Gasteiger partial charge on any atom is 0.0254 e. The van der Waals surface area contributed by atoms with Crippen molar-refractivity contribution >= 4 is 17.1 Å². The van der Waals surface area contributed by atoms with Crippen LogP contribution in [0.2, 0.25) is 0 Å². The van der Waals surface area contributed by atoms with E-state index in [0.29, 0.717) is 11.3 Å². The van der Waals surface area contributed by atoms with Crippen LogP contribution in [0.5, 0.6) is 0 Å². The highest BCUT2D eigenvalue weighted by Crippen LogP contribution is 2.55. The zero-order valence-electron chi connectivity index (χ0n) is 18.2. The van der Waals surface area contributed by atoms with E-state index in [4.69, 9.17) is 12.2 Å². The Kier molecular flexibility index (Phi) is 7.31. The molecule has 0 aromatic heterocycles. The molecule has 0 nitrogen and oxygen atoms in total. The van der Waals surface area contributed by atoms with Crippen molar-refractivity contribution in [3.8, 4) is 0 Å². The predicted octanol–water partition coefficient (Wildman–Crippen LogP) is 8.44. The van der Waals surface area contributed by atoms with Gasteiger partial charge in [-0.05, 0) is 93.1 Å². The molecule has 0 aliphatic heterocycles. The molecule has 2 fully saturated rings. The highest BCUT2D eigenvalue weighted by atomic mass is 32.1. The Labute approximate surface area is 178 Å². The molecule has 1 aromatic carbocycles. The maximum atomic E-state index is 5.90. The van der Waals surface area contributed by atoms with Crippen molar-refractivity contribution in [1.82, 2.24) is 0 Å². The summed E-state index contributed by atoms with van der Waals surface area (Å²) in [5.74, 6) is 2.22. The fraction of sp³-hybridized carbons (Fsp3) is 0.593. The van der Waals surface area contributed by atoms with Crippen molar-refractivity contribution in [2.45, 2.75) is 84.5 Å². The third-order valence-electron chi connectivity index (χ3n) is 7.41. The standard InChI is InChI=1S/C27H38S/c1-5-10-21-17-24(22-11-8-7-9-12-22)19-27(18-21)15-13-23(14-16-27)26(28)25(6-2)20(3)4/h6-9,11-12,21,23-24H,2,5,10,13-19H2,1,3-4H3. The van der Waals surface area contributed by atoms with E-state index in [1.54, 1.807) is 5.56 Å². The maximum absolute atomic E-state index is 5.90. The molecule has 0 bridgehead atoms. The summed E-state index contributed by atoms with van der Waals surface area (Å²) in [5, 5.41) is 0. The van der Waals surface area contributed by atoms with Crippen LogP contribution < -0.4 is 0 Å². The summed E-state index contributed by atoms with van der Waals surface area (Å²) in [5.41, 5.74) is 4.65. The lowest BCUT2D eigenvalue weighted by atomic mass is 9.56. The molecule has 0 amide bonds. The van der Waals surface area contributed by atoms with E-state index in [1.807, 2.05) is 6.08 Å². The Bertz CT molecular complexity index is 699. The first kappa shape index (κ1) is 21.5. The van der Waals surface area contributed by atoms with E-state index in [2.05, 4.69) is 57.7 Å². The van der Waals surface area contributed by atoms with E-state index >= 15 is 0 Å². The van der Waals surface area contributed by atoms with Gasteiger partial charge in [0.25, 0.3) is 0 Å². The molecule has 2 unspecified atom stereocenters. The van der Waals surface area contributed by atoms with E-state index in [-0.39, 0.29) is 0 Å². The number of rotatable bonds is 6. The van der Waals surface area contributed by atoms with Gasteiger partial charge in [-0.3, -0.25) is 0 Å². The van der Waals surface area contributed by atoms with Crippen LogP contribution in [0, 0.1) is 17.3 Å². The van der Waals surface area contributed by atoms with Crippen LogP contribution >= 0.6 is 12.2 Å². The molecule has 2 aliphatic carbocycles. The zero-order chi connectivity index (χ0) is 20.1. The molecule has 2 saturated carbocycles. The van der Waals surface area contributed by atoms with Gasteiger partial charge in [0.1, 0.15) is 0 Å². The average Bonchev–Trinajstić information content (AvgIpc) is 2.69. The van der Waals surface area contributed by atoms with Crippen LogP contribution in [0.15, 0.2) is 54.1 Å². The van der Waals surface area contributed by atoms with Gasteiger partial charge in [0.15, 0.2) is 0 Å². The van der Waals surface area contributed by atoms with Crippen LogP contribution in [0.25, 0.3) is 0 Å². The topological polar surface area (TPSA) is 0 Å². The van der Waals surface area contributed by atoms with Crippen LogP contribution in [-0.2, 0) is 0 Å². The lowest BCUT2D eigenvalue weighted by Crippen LogP contribution is -2.37. The summed E-state index contributed by atoms with van der Waals surface area (Å²) >= 11 is 5.90. The minimum atomic E-state index is 0.546. The molecule has 0 radical (unpaired) electrons. The number of thiocarbonyl (C=S) groups is 1. The van der Waals surface area contributed by atoms with Crippen molar-refractivity contribution in [1.29, 1.82) is 0 Å². The zero-order valence-corrected chi connectivity index (χ0v) is 19.0. The van der Waals surface area contributed by atoms with Crippen LogP contribution in [0.1, 0.15) is 90.0 Å². The number of allylic oxidation sites excluding steroid dienone is 3. The number of hydrogen-bond acceptors (Lipinski definition) is 1. The Morgan fingerprint density at radius 3 is 2.39 bits per heavy atom. The predicted molar refractivity (Wildman–Crippen MR) is 127 cm³/mol. The third kappa shape index (κ3) is 4.85. The number of hydrogen-bond donors (Lipinski definition) is 0. The van der Waals surface area contributed by atoms with Crippen molar-refractivity contribution < 1.29 is 0 Å². The minimum absolute atomic E-state index is 0.546. The average molecular weight is 395 g/mol. The summed E-state index contributed by atoms with van der Waals surface area (Å²) in [4.78, 5) is 1.17. The van der Waals surface area contributed by atoms with Gasteiger partial charge in [-0.25, -0.2) is 0 Å². The molecular weight excluding hydrogens is 356 g/mol. The summed E-state index contributed by atoms with van der Waals surface area (Å²) < 4.78 is 0. The first-order chi connectivity index (χ1) is 13.5. The largest absolute Gasteiger partial charge is 0.0984 e. The van der Waals surface area contributed by atoms with Crippen LogP contribution in [-0.4, -0.2) is 4.86 Å². The highest BCUT2D eigenvalue weighted by Gasteiger charge is 2.43. The fourth-order valence-corrected chi connectivity index (χ4v) is 6.59. The van der Waals surface area contributed by atoms with Crippen LogP contribution in [0.4, 0.5) is 0 Å². The van der Waals surface area contributed by atoms with Gasteiger partial charge in [0, 0.05) is 4.86 Å². The van der Waals surface area contributed by atoms with E-state index in [9.17, 15) is 0 Å². The summed E-state index contributed by atoms with van der Waals surface area (Å²) in [7, 11) is 0. The quantitative estimate of drug-likeness (QED) is 0.265. The Balaban J connectivity index is 1.73. The third-order valence-corrected chi connectivity index (χ3v) is 7.97. The van der Waals surface area contributed by atoms with Gasteiger partial charge in [-0.2, -0.15) is 0 Å². The van der Waals surface area contributed by atoms with Gasteiger partial charge >= 0.3 is 0 Å². The molecule has 2 atom stereocenters. The van der Waals surface area contributed by atoms with Gasteiger partial charge in [-0.1, -0.05) is 80.5 Å². The molecule has 28 heavy (non-hydrogen) atoms. The first-order valence-electron chi connectivity index (χ1n) is 11.4. The smallest absolute Gasteiger partial charge is 0.0254 e. The van der Waals surface area contributed by atoms with Crippen molar-refractivity contribution in [3.63, 3.8) is 0 Å². The van der Waals surface area contributed by atoms with Gasteiger partial charge < -0.3 is 0 Å². The van der Waals surface area contributed by atoms with Gasteiger partial charge in [0.05, 0.1) is 0 Å². The molecule has 1 spiro atoms. The molecule has 0 N–H and O–H groups in total. The second-order valence-electron chi connectivity index (χ2n) is 9.66. The highest BCUT2D eigenvalue weighted by molar-refractivity contribution is 7.80. The first-order valence-corrected chi connectivity index (χ1v) is 11.8. The molecule has 0 saturated heterocycles. The summed E-state index contributed by atoms with van der Waals surface area (Å²) in [6, 6.07) is 11.3. The molecular formula is C27H38S. The Morgan fingerprint density at radius 1 is 1.14 bits per heavy atom. The normalized spacial score (nSPS) is 30.0. The SMILES string of the molecule is C=CC(C(=S)C1CCC2(CC1)CC(CCC)CC(c1ccccc1)C2)=C(C)C. The second-order valence-corrected chi connectivity index (χ2v) is 10.1. The van der Waals surface area contributed by atoms with Crippen molar-refractivity contribution in [2.75, 3.05) is 0 Å². The molecule has 3 rings (SSSR count). The van der Waals surface area contributed by atoms with Gasteiger partial charge in [-0.15, -0.1) is 0 Å². The lowest BCUT2D eigenvalue weighted by Gasteiger charge is -2.49. The molecule has 1 aromatic rings. The summed E-state index contributed by atoms with van der Waals surface area (Å²) in [6.07, 6.45) is 14.2. The van der Waals surface area contributed by atoms with Crippen LogP contribution in [0.3, 0.4) is 0 Å². The molecule has 0 heterocycles. The van der Waals surface area contributed by atoms with E-state index < -0.39 is 0 Å². The van der Waals surface area contributed by atoms with Crippen molar-refractivity contribution in [2.24, 2.45) is 17.3 Å². The Hall–Kier alpha value is -1.21. The minimum Gasteiger partial charge on any atom is -0.0984 e. The molecule has 1 heteroatoms. The lowest BCUT2D eigenvalue weighted by molar-refractivity contribution is 0.0623. The fourth-order valence-electron chi connectivity index (χ4n) is 6.07.